The average Bonchev–Trinajstić information content (AvgIpc) is 3.01. The normalized spacial score (nSPS) is 17.6. The number of nitrogens with zero attached hydrogens (tertiary/aromatic N) is 1. The Morgan fingerprint density at radius 1 is 1.28 bits per heavy atom. The Morgan fingerprint density at radius 3 is 2.64 bits per heavy atom. The summed E-state index contributed by atoms with van der Waals surface area (Å²) in [5, 5.41) is 3.46. The lowest BCUT2D eigenvalue weighted by Crippen LogP contribution is -2.44. The van der Waals surface area contributed by atoms with E-state index in [0.29, 0.717) is 0 Å². The third kappa shape index (κ3) is 6.58. The van der Waals surface area contributed by atoms with Crippen molar-refractivity contribution < 1.29 is 14.3 Å². The van der Waals surface area contributed by atoms with Crippen LogP contribution in [-0.4, -0.2) is 42.3 Å². The molecule has 1 aromatic carbocycles. The van der Waals surface area contributed by atoms with E-state index >= 15 is 0 Å². The molecule has 0 radical (unpaired) electrons. The molecule has 5 heteroatoms. The van der Waals surface area contributed by atoms with Gasteiger partial charge in [-0.25, -0.2) is 4.79 Å². The summed E-state index contributed by atoms with van der Waals surface area (Å²) in [5.74, 6) is 0.914. The maximum Gasteiger partial charge on any atom is 0.410 e. The van der Waals surface area contributed by atoms with Crippen LogP contribution in [0.25, 0.3) is 0 Å². The number of rotatable bonds is 7. The minimum atomic E-state index is -0.445. The van der Waals surface area contributed by atoms with E-state index < -0.39 is 5.60 Å². The van der Waals surface area contributed by atoms with Crippen LogP contribution in [0.1, 0.15) is 52.5 Å². The minimum absolute atomic E-state index is 0.200. The molecular weight excluding hydrogens is 316 g/mol. The zero-order chi connectivity index (χ0) is 18.3. The number of amides is 1. The molecule has 5 nitrogen and oxygen atoms in total. The third-order valence-corrected chi connectivity index (χ3v) is 4.11. The van der Waals surface area contributed by atoms with Crippen LogP contribution in [-0.2, 0) is 11.3 Å². The van der Waals surface area contributed by atoms with Crippen LogP contribution in [0.2, 0.25) is 0 Å². The molecule has 140 valence electrons. The van der Waals surface area contributed by atoms with Crippen LogP contribution in [0.4, 0.5) is 4.79 Å². The summed E-state index contributed by atoms with van der Waals surface area (Å²) < 4.78 is 11.1. The lowest BCUT2D eigenvalue weighted by molar-refractivity contribution is 0.0226. The summed E-state index contributed by atoms with van der Waals surface area (Å²) in [6.45, 7) is 10.9. The Labute approximate surface area is 151 Å². The van der Waals surface area contributed by atoms with Crippen molar-refractivity contribution in [2.24, 2.45) is 0 Å². The van der Waals surface area contributed by atoms with Crippen LogP contribution in [0, 0.1) is 0 Å². The van der Waals surface area contributed by atoms with Gasteiger partial charge in [-0.2, -0.15) is 0 Å². The van der Waals surface area contributed by atoms with Crippen molar-refractivity contribution >= 4 is 6.09 Å². The van der Waals surface area contributed by atoms with E-state index in [-0.39, 0.29) is 12.1 Å². The molecule has 1 amide bonds. The van der Waals surface area contributed by atoms with Gasteiger partial charge in [0.05, 0.1) is 6.61 Å². The third-order valence-electron chi connectivity index (χ3n) is 4.11. The Bertz CT molecular complexity index is 537. The molecule has 0 bridgehead atoms. The highest BCUT2D eigenvalue weighted by molar-refractivity contribution is 5.69. The van der Waals surface area contributed by atoms with Crippen molar-refractivity contribution in [1.29, 1.82) is 0 Å². The first kappa shape index (κ1) is 19.6. The monoisotopic (exact) mass is 348 g/mol. The van der Waals surface area contributed by atoms with Crippen LogP contribution < -0.4 is 10.1 Å². The van der Waals surface area contributed by atoms with Crippen molar-refractivity contribution in [3.8, 4) is 5.75 Å². The molecule has 1 atom stereocenters. The minimum Gasteiger partial charge on any atom is -0.494 e. The van der Waals surface area contributed by atoms with Crippen molar-refractivity contribution in [3.63, 3.8) is 0 Å². The summed E-state index contributed by atoms with van der Waals surface area (Å²) in [5.41, 5.74) is 0.768. The molecule has 1 unspecified atom stereocenters. The predicted molar refractivity (Wildman–Crippen MR) is 99.9 cm³/mol. The molecule has 1 fully saturated rings. The van der Waals surface area contributed by atoms with Crippen molar-refractivity contribution in [1.82, 2.24) is 10.2 Å². The molecule has 1 heterocycles. The van der Waals surface area contributed by atoms with Gasteiger partial charge in [-0.05, 0) is 57.7 Å². The number of likely N-dealkylation sites (tertiary alicyclic amines) is 1. The summed E-state index contributed by atoms with van der Waals surface area (Å²) in [7, 11) is 0. The number of nitrogens with one attached hydrogen (secondary N) is 1. The van der Waals surface area contributed by atoms with Crippen molar-refractivity contribution in [3.05, 3.63) is 29.8 Å². The highest BCUT2D eigenvalue weighted by Crippen LogP contribution is 2.20. The van der Waals surface area contributed by atoms with Crippen LogP contribution in [0.5, 0.6) is 5.75 Å². The first-order valence-electron chi connectivity index (χ1n) is 9.31. The molecule has 0 aliphatic carbocycles. The van der Waals surface area contributed by atoms with Crippen molar-refractivity contribution in [2.45, 2.75) is 65.1 Å². The van der Waals surface area contributed by atoms with Gasteiger partial charge in [0.1, 0.15) is 11.4 Å². The maximum absolute atomic E-state index is 12.3. The second-order valence-corrected chi connectivity index (χ2v) is 7.59. The number of benzene rings is 1. The molecule has 2 rings (SSSR count). The van der Waals surface area contributed by atoms with E-state index in [1.807, 2.05) is 37.8 Å². The highest BCUT2D eigenvalue weighted by atomic mass is 16.6. The molecule has 0 saturated carbocycles. The van der Waals surface area contributed by atoms with E-state index in [4.69, 9.17) is 9.47 Å². The van der Waals surface area contributed by atoms with Gasteiger partial charge in [-0.3, -0.25) is 0 Å². The molecule has 1 saturated heterocycles. The first-order chi connectivity index (χ1) is 11.9. The zero-order valence-electron chi connectivity index (χ0n) is 16.0. The van der Waals surface area contributed by atoms with Gasteiger partial charge >= 0.3 is 6.09 Å². The Kier molecular flexibility index (Phi) is 7.12. The first-order valence-corrected chi connectivity index (χ1v) is 9.31. The van der Waals surface area contributed by atoms with Gasteiger partial charge in [0.15, 0.2) is 0 Å². The molecule has 1 aliphatic heterocycles. The van der Waals surface area contributed by atoms with E-state index in [2.05, 4.69) is 24.4 Å². The lowest BCUT2D eigenvalue weighted by atomic mass is 10.2. The second kappa shape index (κ2) is 9.09. The summed E-state index contributed by atoms with van der Waals surface area (Å²) in [6.07, 6.45) is 2.87. The molecule has 0 spiro atoms. The SMILES string of the molecule is CCCOc1ccc(CNCC2CCCN2C(=O)OC(C)(C)C)cc1. The molecule has 1 N–H and O–H groups in total. The quantitative estimate of drug-likeness (QED) is 0.810. The summed E-state index contributed by atoms with van der Waals surface area (Å²) in [6, 6.07) is 8.39. The number of hydrogen-bond donors (Lipinski definition) is 1. The van der Waals surface area contributed by atoms with Gasteiger partial charge in [-0.15, -0.1) is 0 Å². The fourth-order valence-corrected chi connectivity index (χ4v) is 2.92. The van der Waals surface area contributed by atoms with Crippen molar-refractivity contribution in [2.75, 3.05) is 19.7 Å². The Balaban J connectivity index is 1.77. The molecule has 1 aromatic rings. The van der Waals surface area contributed by atoms with E-state index in [0.717, 1.165) is 51.3 Å². The fraction of sp³-hybridized carbons (Fsp3) is 0.650. The largest absolute Gasteiger partial charge is 0.494 e. The molecule has 0 aromatic heterocycles. The van der Waals surface area contributed by atoms with Gasteiger partial charge in [0.25, 0.3) is 0 Å². The van der Waals surface area contributed by atoms with Crippen LogP contribution in [0.15, 0.2) is 24.3 Å². The number of carbonyl (C=O) groups is 1. The summed E-state index contributed by atoms with van der Waals surface area (Å²) in [4.78, 5) is 14.2. The highest BCUT2D eigenvalue weighted by Gasteiger charge is 2.31. The number of carbonyl (C=O) groups excluding carboxylic acids is 1. The molecular formula is C20H32N2O3. The maximum atomic E-state index is 12.3. The standard InChI is InChI=1S/C20H32N2O3/c1-5-13-24-18-10-8-16(9-11-18)14-21-15-17-7-6-12-22(17)19(23)25-20(2,3)4/h8-11,17,21H,5-7,12-15H2,1-4H3. The topological polar surface area (TPSA) is 50.8 Å². The van der Waals surface area contributed by atoms with E-state index in [9.17, 15) is 4.79 Å². The Morgan fingerprint density at radius 2 is 2.00 bits per heavy atom. The van der Waals surface area contributed by atoms with E-state index in [1.165, 1.54) is 5.56 Å². The second-order valence-electron chi connectivity index (χ2n) is 7.59. The number of ether oxygens (including phenoxy) is 2. The van der Waals surface area contributed by atoms with Crippen LogP contribution >= 0.6 is 0 Å². The predicted octanol–water partition coefficient (Wildman–Crippen LogP) is 3.96. The smallest absolute Gasteiger partial charge is 0.410 e. The lowest BCUT2D eigenvalue weighted by Gasteiger charge is -2.28. The van der Waals surface area contributed by atoms with Gasteiger partial charge in [0, 0.05) is 25.7 Å². The fourth-order valence-electron chi connectivity index (χ4n) is 2.92. The van der Waals surface area contributed by atoms with Crippen LogP contribution in [0.3, 0.4) is 0 Å². The van der Waals surface area contributed by atoms with Gasteiger partial charge in [0.2, 0.25) is 0 Å². The zero-order valence-corrected chi connectivity index (χ0v) is 16.0. The number of hydrogen-bond acceptors (Lipinski definition) is 4. The summed E-state index contributed by atoms with van der Waals surface area (Å²) >= 11 is 0. The molecule has 1 aliphatic rings. The van der Waals surface area contributed by atoms with Gasteiger partial charge < -0.3 is 19.7 Å². The Hall–Kier alpha value is -1.75. The average molecular weight is 348 g/mol. The van der Waals surface area contributed by atoms with Gasteiger partial charge in [-0.1, -0.05) is 19.1 Å². The van der Waals surface area contributed by atoms with E-state index in [1.54, 1.807) is 0 Å². The molecule has 25 heavy (non-hydrogen) atoms.